The summed E-state index contributed by atoms with van der Waals surface area (Å²) in [4.78, 5) is 0. The number of rotatable bonds is 2. The predicted molar refractivity (Wildman–Crippen MR) is 75.5 cm³/mol. The first-order chi connectivity index (χ1) is 10.1. The molecular formula is C16H22O5. The van der Waals surface area contributed by atoms with E-state index >= 15 is 0 Å². The number of aryl methyl sites for hydroxylation is 1. The van der Waals surface area contributed by atoms with Crippen molar-refractivity contribution in [2.75, 3.05) is 6.61 Å². The highest BCUT2D eigenvalue weighted by atomic mass is 16.7. The highest BCUT2D eigenvalue weighted by Crippen LogP contribution is 2.38. The Morgan fingerprint density at radius 2 is 1.95 bits per heavy atom. The van der Waals surface area contributed by atoms with Crippen LogP contribution < -0.4 is 0 Å². The third-order valence-electron chi connectivity index (χ3n) is 4.47. The molecule has 2 aliphatic heterocycles. The number of aliphatic hydroxyl groups excluding tert-OH is 3. The molecule has 4 atom stereocenters. The molecule has 21 heavy (non-hydrogen) atoms. The fourth-order valence-electron chi connectivity index (χ4n) is 3.26. The molecule has 1 aromatic rings. The first-order valence-corrected chi connectivity index (χ1v) is 7.50. The molecule has 1 spiro atoms. The first-order valence-electron chi connectivity index (χ1n) is 7.50. The number of ether oxygens (including phenoxy) is 2. The molecule has 0 saturated carbocycles. The zero-order valence-electron chi connectivity index (χ0n) is 11.9. The summed E-state index contributed by atoms with van der Waals surface area (Å²) in [5.41, 5.74) is 2.27. The van der Waals surface area contributed by atoms with Crippen LogP contribution >= 0.6 is 0 Å². The Bertz CT molecular complexity index is 462. The number of hydrogen-bond donors (Lipinski definition) is 3. The van der Waals surface area contributed by atoms with E-state index in [0.29, 0.717) is 25.9 Å². The second kappa shape index (κ2) is 6.02. The van der Waals surface area contributed by atoms with Crippen molar-refractivity contribution in [2.24, 2.45) is 0 Å². The highest BCUT2D eigenvalue weighted by molar-refractivity contribution is 5.27. The van der Waals surface area contributed by atoms with Gasteiger partial charge in [-0.2, -0.15) is 0 Å². The van der Waals surface area contributed by atoms with Gasteiger partial charge in [-0.15, -0.1) is 0 Å². The maximum Gasteiger partial charge on any atom is 0.197 e. The zero-order valence-corrected chi connectivity index (χ0v) is 11.9. The lowest BCUT2D eigenvalue weighted by Gasteiger charge is -2.46. The Hall–Kier alpha value is -0.980. The van der Waals surface area contributed by atoms with E-state index in [-0.39, 0.29) is 12.7 Å². The Balaban J connectivity index is 1.82. The molecule has 0 bridgehead atoms. The molecule has 5 nitrogen and oxygen atoms in total. The van der Waals surface area contributed by atoms with Gasteiger partial charge < -0.3 is 24.8 Å². The average Bonchev–Trinajstić information content (AvgIpc) is 2.67. The quantitative estimate of drug-likeness (QED) is 0.750. The van der Waals surface area contributed by atoms with Gasteiger partial charge in [0.1, 0.15) is 6.10 Å². The molecule has 2 aliphatic rings. The van der Waals surface area contributed by atoms with Gasteiger partial charge in [-0.3, -0.25) is 0 Å². The Morgan fingerprint density at radius 1 is 1.19 bits per heavy atom. The second-order valence-corrected chi connectivity index (χ2v) is 5.87. The van der Waals surface area contributed by atoms with Crippen molar-refractivity contribution in [3.8, 4) is 0 Å². The summed E-state index contributed by atoms with van der Waals surface area (Å²) < 4.78 is 11.9. The molecule has 2 heterocycles. The number of benzene rings is 1. The van der Waals surface area contributed by atoms with Crippen LogP contribution in [-0.2, 0) is 22.5 Å². The molecular weight excluding hydrogens is 272 g/mol. The van der Waals surface area contributed by atoms with Crippen LogP contribution in [0.25, 0.3) is 0 Å². The summed E-state index contributed by atoms with van der Waals surface area (Å²) in [5, 5.41) is 29.6. The van der Waals surface area contributed by atoms with Gasteiger partial charge in [0.15, 0.2) is 5.79 Å². The number of hydrogen-bond acceptors (Lipinski definition) is 5. The summed E-state index contributed by atoms with van der Waals surface area (Å²) in [6.07, 6.45) is -0.287. The van der Waals surface area contributed by atoms with Gasteiger partial charge >= 0.3 is 0 Å². The van der Waals surface area contributed by atoms with Crippen molar-refractivity contribution in [2.45, 2.75) is 56.4 Å². The van der Waals surface area contributed by atoms with E-state index in [2.05, 4.69) is 6.07 Å². The van der Waals surface area contributed by atoms with Gasteiger partial charge in [0.05, 0.1) is 18.8 Å². The lowest BCUT2D eigenvalue weighted by Crippen LogP contribution is -2.59. The maximum atomic E-state index is 10.4. The monoisotopic (exact) mass is 294 g/mol. The maximum absolute atomic E-state index is 10.4. The predicted octanol–water partition coefficient (Wildman–Crippen LogP) is 0.739. The molecule has 1 fully saturated rings. The fraction of sp³-hybridized carbons (Fsp3) is 0.625. The van der Waals surface area contributed by atoms with E-state index in [9.17, 15) is 10.2 Å². The van der Waals surface area contributed by atoms with Crippen LogP contribution in [0.5, 0.6) is 0 Å². The van der Waals surface area contributed by atoms with E-state index in [1.807, 2.05) is 18.2 Å². The van der Waals surface area contributed by atoms with E-state index < -0.39 is 18.0 Å². The summed E-state index contributed by atoms with van der Waals surface area (Å²) >= 11 is 0. The Morgan fingerprint density at radius 3 is 2.71 bits per heavy atom. The lowest BCUT2D eigenvalue weighted by molar-refractivity contribution is -0.346. The topological polar surface area (TPSA) is 79.2 Å². The van der Waals surface area contributed by atoms with Gasteiger partial charge in [-0.05, 0) is 24.0 Å². The third kappa shape index (κ3) is 2.84. The lowest BCUT2D eigenvalue weighted by atomic mass is 9.90. The minimum Gasteiger partial charge on any atom is -0.396 e. The Kier molecular flexibility index (Phi) is 4.28. The highest BCUT2D eigenvalue weighted by Gasteiger charge is 2.50. The summed E-state index contributed by atoms with van der Waals surface area (Å²) in [6, 6.07) is 8.00. The molecule has 0 unspecified atom stereocenters. The van der Waals surface area contributed by atoms with Crippen molar-refractivity contribution in [1.82, 2.24) is 0 Å². The molecule has 0 radical (unpaired) electrons. The molecule has 116 valence electrons. The molecule has 0 aliphatic carbocycles. The third-order valence-corrected chi connectivity index (χ3v) is 4.47. The van der Waals surface area contributed by atoms with E-state index in [1.165, 1.54) is 5.56 Å². The SMILES string of the molecule is OCC[C@@H]1C[C@@H](O)[C@H](O)[C@@]2(CCc3ccccc3CO2)O1. The van der Waals surface area contributed by atoms with Gasteiger partial charge in [-0.25, -0.2) is 0 Å². The molecule has 5 heteroatoms. The van der Waals surface area contributed by atoms with Gasteiger partial charge in [0.25, 0.3) is 0 Å². The van der Waals surface area contributed by atoms with Crippen LogP contribution in [0.3, 0.4) is 0 Å². The summed E-state index contributed by atoms with van der Waals surface area (Å²) in [5.74, 6) is -1.18. The van der Waals surface area contributed by atoms with Gasteiger partial charge in [0.2, 0.25) is 0 Å². The molecule has 0 amide bonds. The van der Waals surface area contributed by atoms with E-state index in [0.717, 1.165) is 12.0 Å². The molecule has 3 N–H and O–H groups in total. The Labute approximate surface area is 124 Å². The fourth-order valence-corrected chi connectivity index (χ4v) is 3.26. The van der Waals surface area contributed by atoms with Crippen LogP contribution in [0.1, 0.15) is 30.4 Å². The zero-order chi connectivity index (χ0) is 14.9. The van der Waals surface area contributed by atoms with Crippen LogP contribution in [0.4, 0.5) is 0 Å². The normalized spacial score (nSPS) is 36.2. The van der Waals surface area contributed by atoms with Crippen molar-refractivity contribution < 1.29 is 24.8 Å². The van der Waals surface area contributed by atoms with Crippen molar-refractivity contribution >= 4 is 0 Å². The van der Waals surface area contributed by atoms with E-state index in [4.69, 9.17) is 14.6 Å². The van der Waals surface area contributed by atoms with E-state index in [1.54, 1.807) is 0 Å². The summed E-state index contributed by atoms with van der Waals surface area (Å²) in [6.45, 7) is 0.343. The van der Waals surface area contributed by atoms with Crippen molar-refractivity contribution in [1.29, 1.82) is 0 Å². The first kappa shape index (κ1) is 14.9. The van der Waals surface area contributed by atoms with Crippen molar-refractivity contribution in [3.05, 3.63) is 35.4 Å². The van der Waals surface area contributed by atoms with Gasteiger partial charge in [-0.1, -0.05) is 24.3 Å². The van der Waals surface area contributed by atoms with Crippen molar-refractivity contribution in [3.63, 3.8) is 0 Å². The minimum absolute atomic E-state index is 0.0101. The van der Waals surface area contributed by atoms with Crippen LogP contribution in [-0.4, -0.2) is 46.0 Å². The number of aliphatic hydroxyl groups is 3. The summed E-state index contributed by atoms with van der Waals surface area (Å²) in [7, 11) is 0. The standard InChI is InChI=1S/C16H22O5/c17-8-6-13-9-14(18)15(19)16(21-13)7-5-11-3-1-2-4-12(11)10-20-16/h1-4,13-15,17-19H,5-10H2/t13-,14-,15+,16-/m1/s1. The minimum atomic E-state index is -1.18. The molecule has 1 saturated heterocycles. The number of fused-ring (bicyclic) bond motifs is 1. The molecule has 1 aromatic carbocycles. The molecule has 0 aromatic heterocycles. The van der Waals surface area contributed by atoms with Crippen LogP contribution in [0, 0.1) is 0 Å². The largest absolute Gasteiger partial charge is 0.396 e. The molecule has 3 rings (SSSR count). The smallest absolute Gasteiger partial charge is 0.197 e. The average molecular weight is 294 g/mol. The van der Waals surface area contributed by atoms with Crippen LogP contribution in [0.2, 0.25) is 0 Å². The second-order valence-electron chi connectivity index (χ2n) is 5.87. The van der Waals surface area contributed by atoms with Gasteiger partial charge in [0, 0.05) is 19.4 Å². The van der Waals surface area contributed by atoms with Crippen LogP contribution in [0.15, 0.2) is 24.3 Å².